The van der Waals surface area contributed by atoms with Gasteiger partial charge < -0.3 is 5.32 Å². The largest absolute Gasteiger partial charge is 0.325 e. The molecule has 2 aromatic rings. The first-order chi connectivity index (χ1) is 10.6. The van der Waals surface area contributed by atoms with Gasteiger partial charge in [0.05, 0.1) is 5.25 Å². The number of thioether (sulfide) groups is 1. The summed E-state index contributed by atoms with van der Waals surface area (Å²) in [6.45, 7) is 6.18. The second-order valence-corrected chi connectivity index (χ2v) is 6.49. The van der Waals surface area contributed by atoms with Gasteiger partial charge in [-0.25, -0.2) is 9.97 Å². The van der Waals surface area contributed by atoms with E-state index in [0.717, 1.165) is 12.1 Å². The highest BCUT2D eigenvalue weighted by atomic mass is 32.2. The minimum atomic E-state index is -0.257. The number of carbonyl (C=O) groups excluding carboxylic acids is 1. The average molecular weight is 315 g/mol. The summed E-state index contributed by atoms with van der Waals surface area (Å²) in [7, 11) is 0. The Kier molecular flexibility index (Phi) is 5.95. The Balaban J connectivity index is 2.05. The van der Waals surface area contributed by atoms with E-state index in [2.05, 4.69) is 35.2 Å². The van der Waals surface area contributed by atoms with Crippen LogP contribution in [0.25, 0.3) is 0 Å². The molecule has 0 aliphatic rings. The summed E-state index contributed by atoms with van der Waals surface area (Å²) in [4.78, 5) is 20.7. The first-order valence-electron chi connectivity index (χ1n) is 7.45. The zero-order valence-electron chi connectivity index (χ0n) is 13.1. The number of nitrogens with one attached hydrogen (secondary N) is 1. The number of rotatable bonds is 6. The molecule has 4 nitrogen and oxygen atoms in total. The third-order valence-corrected chi connectivity index (χ3v) is 4.54. The lowest BCUT2D eigenvalue weighted by atomic mass is 9.97. The minimum Gasteiger partial charge on any atom is -0.325 e. The molecule has 5 heteroatoms. The smallest absolute Gasteiger partial charge is 0.237 e. The first-order valence-corrected chi connectivity index (χ1v) is 8.33. The summed E-state index contributed by atoms with van der Waals surface area (Å²) < 4.78 is 0. The second-order valence-electron chi connectivity index (χ2n) is 5.18. The van der Waals surface area contributed by atoms with Crippen LogP contribution in [-0.4, -0.2) is 21.1 Å². The van der Waals surface area contributed by atoms with Crippen molar-refractivity contribution in [3.63, 3.8) is 0 Å². The molecule has 2 rings (SSSR count). The van der Waals surface area contributed by atoms with E-state index in [1.54, 1.807) is 18.5 Å². The van der Waals surface area contributed by atoms with Gasteiger partial charge in [-0.3, -0.25) is 4.79 Å². The van der Waals surface area contributed by atoms with Crippen LogP contribution in [0.5, 0.6) is 0 Å². The van der Waals surface area contributed by atoms with E-state index < -0.39 is 0 Å². The number of carbonyl (C=O) groups is 1. The van der Waals surface area contributed by atoms with Gasteiger partial charge in [0.15, 0.2) is 5.16 Å². The van der Waals surface area contributed by atoms with Crippen LogP contribution in [-0.2, 0) is 4.79 Å². The SMILES string of the molecule is CCC(C)c1ccccc1NC(=O)C(C)Sc1ncccn1. The van der Waals surface area contributed by atoms with Gasteiger partial charge in [0.25, 0.3) is 0 Å². The molecule has 0 saturated heterocycles. The summed E-state index contributed by atoms with van der Waals surface area (Å²) in [6.07, 6.45) is 4.39. The van der Waals surface area contributed by atoms with Crippen molar-refractivity contribution in [1.29, 1.82) is 0 Å². The Labute approximate surface area is 135 Å². The molecule has 2 unspecified atom stereocenters. The van der Waals surface area contributed by atoms with Gasteiger partial charge in [-0.05, 0) is 37.0 Å². The van der Waals surface area contributed by atoms with Crippen molar-refractivity contribution in [2.45, 2.75) is 43.5 Å². The van der Waals surface area contributed by atoms with Crippen LogP contribution in [0.3, 0.4) is 0 Å². The van der Waals surface area contributed by atoms with Crippen molar-refractivity contribution >= 4 is 23.4 Å². The van der Waals surface area contributed by atoms with E-state index in [0.29, 0.717) is 11.1 Å². The third-order valence-electron chi connectivity index (χ3n) is 3.56. The monoisotopic (exact) mass is 315 g/mol. The van der Waals surface area contributed by atoms with Crippen LogP contribution < -0.4 is 5.32 Å². The molecule has 0 aliphatic carbocycles. The highest BCUT2D eigenvalue weighted by Crippen LogP contribution is 2.27. The van der Waals surface area contributed by atoms with Crippen LogP contribution in [0, 0.1) is 0 Å². The fourth-order valence-corrected chi connectivity index (χ4v) is 2.78. The number of amides is 1. The summed E-state index contributed by atoms with van der Waals surface area (Å²) in [6, 6.07) is 9.74. The molecular weight excluding hydrogens is 294 g/mol. The van der Waals surface area contributed by atoms with Crippen molar-refractivity contribution in [2.75, 3.05) is 5.32 Å². The number of aromatic nitrogens is 2. The van der Waals surface area contributed by atoms with E-state index in [-0.39, 0.29) is 11.2 Å². The molecule has 1 heterocycles. The second kappa shape index (κ2) is 7.94. The molecule has 22 heavy (non-hydrogen) atoms. The Morgan fingerprint density at radius 1 is 1.18 bits per heavy atom. The quantitative estimate of drug-likeness (QED) is 0.644. The molecule has 1 aromatic heterocycles. The number of nitrogens with zero attached hydrogens (tertiary/aromatic N) is 2. The lowest BCUT2D eigenvalue weighted by molar-refractivity contribution is -0.115. The van der Waals surface area contributed by atoms with E-state index in [4.69, 9.17) is 0 Å². The van der Waals surface area contributed by atoms with Crippen LogP contribution in [0.2, 0.25) is 0 Å². The van der Waals surface area contributed by atoms with E-state index in [1.807, 2.05) is 25.1 Å². The maximum Gasteiger partial charge on any atom is 0.237 e. The maximum atomic E-state index is 12.4. The lowest BCUT2D eigenvalue weighted by Crippen LogP contribution is -2.23. The van der Waals surface area contributed by atoms with Gasteiger partial charge >= 0.3 is 0 Å². The number of hydrogen-bond donors (Lipinski definition) is 1. The van der Waals surface area contributed by atoms with Gasteiger partial charge in [0, 0.05) is 18.1 Å². The van der Waals surface area contributed by atoms with E-state index in [9.17, 15) is 4.79 Å². The molecule has 1 N–H and O–H groups in total. The van der Waals surface area contributed by atoms with E-state index in [1.165, 1.54) is 17.3 Å². The standard InChI is InChI=1S/C17H21N3OS/c1-4-12(2)14-8-5-6-9-15(14)20-16(21)13(3)22-17-18-10-7-11-19-17/h5-13H,4H2,1-3H3,(H,20,21). The average Bonchev–Trinajstić information content (AvgIpc) is 2.55. The molecule has 0 spiro atoms. The predicted molar refractivity (Wildman–Crippen MR) is 91.1 cm³/mol. The zero-order chi connectivity index (χ0) is 15.9. The number of para-hydroxylation sites is 1. The third kappa shape index (κ3) is 4.31. The van der Waals surface area contributed by atoms with Crippen molar-refractivity contribution in [1.82, 2.24) is 9.97 Å². The molecule has 1 aromatic carbocycles. The zero-order valence-corrected chi connectivity index (χ0v) is 13.9. The first kappa shape index (κ1) is 16.5. The topological polar surface area (TPSA) is 54.9 Å². The van der Waals surface area contributed by atoms with Gasteiger partial charge in [0.2, 0.25) is 5.91 Å². The van der Waals surface area contributed by atoms with Gasteiger partial charge in [-0.2, -0.15) is 0 Å². The Morgan fingerprint density at radius 3 is 2.55 bits per heavy atom. The van der Waals surface area contributed by atoms with Crippen LogP contribution in [0.4, 0.5) is 5.69 Å². The molecule has 2 atom stereocenters. The maximum absolute atomic E-state index is 12.4. The molecular formula is C17H21N3OS. The number of anilines is 1. The van der Waals surface area contributed by atoms with Crippen LogP contribution in [0.1, 0.15) is 38.7 Å². The van der Waals surface area contributed by atoms with Gasteiger partial charge in [-0.1, -0.05) is 43.8 Å². The summed E-state index contributed by atoms with van der Waals surface area (Å²) in [5.41, 5.74) is 2.06. The Hall–Kier alpha value is -1.88. The Bertz CT molecular complexity index is 618. The molecule has 0 radical (unpaired) electrons. The van der Waals surface area contributed by atoms with E-state index >= 15 is 0 Å². The molecule has 0 saturated carbocycles. The summed E-state index contributed by atoms with van der Waals surface area (Å²) >= 11 is 1.36. The minimum absolute atomic E-state index is 0.0341. The highest BCUT2D eigenvalue weighted by molar-refractivity contribution is 8.00. The Morgan fingerprint density at radius 2 is 1.86 bits per heavy atom. The number of hydrogen-bond acceptors (Lipinski definition) is 4. The molecule has 0 aliphatic heterocycles. The fourth-order valence-electron chi connectivity index (χ4n) is 2.05. The number of benzene rings is 1. The van der Waals surface area contributed by atoms with Crippen LogP contribution in [0.15, 0.2) is 47.9 Å². The van der Waals surface area contributed by atoms with Gasteiger partial charge in [-0.15, -0.1) is 0 Å². The van der Waals surface area contributed by atoms with Crippen molar-refractivity contribution in [2.24, 2.45) is 0 Å². The van der Waals surface area contributed by atoms with Gasteiger partial charge in [0.1, 0.15) is 0 Å². The fraction of sp³-hybridized carbons (Fsp3) is 0.353. The molecule has 116 valence electrons. The van der Waals surface area contributed by atoms with Crippen molar-refractivity contribution < 1.29 is 4.79 Å². The summed E-state index contributed by atoms with van der Waals surface area (Å²) in [5, 5.41) is 3.38. The predicted octanol–water partition coefficient (Wildman–Crippen LogP) is 4.11. The normalized spacial score (nSPS) is 13.4. The molecule has 0 fully saturated rings. The van der Waals surface area contributed by atoms with Crippen molar-refractivity contribution in [3.8, 4) is 0 Å². The summed E-state index contributed by atoms with van der Waals surface area (Å²) in [5.74, 6) is 0.380. The molecule has 0 bridgehead atoms. The lowest BCUT2D eigenvalue weighted by Gasteiger charge is -2.17. The van der Waals surface area contributed by atoms with Crippen LogP contribution >= 0.6 is 11.8 Å². The molecule has 1 amide bonds. The highest BCUT2D eigenvalue weighted by Gasteiger charge is 2.18. The van der Waals surface area contributed by atoms with Crippen molar-refractivity contribution in [3.05, 3.63) is 48.3 Å².